The molecule has 130 valence electrons. The Kier molecular flexibility index (Phi) is 8.73. The molecular weight excluding hydrogens is 401 g/mol. The Labute approximate surface area is 157 Å². The van der Waals surface area contributed by atoms with Gasteiger partial charge in [0.2, 0.25) is 0 Å². The Morgan fingerprint density at radius 1 is 1.30 bits per heavy atom. The number of nitrogens with zero attached hydrogens (tertiary/aromatic N) is 2. The van der Waals surface area contributed by atoms with E-state index in [1.54, 1.807) is 7.11 Å². The van der Waals surface area contributed by atoms with Crippen molar-refractivity contribution in [1.82, 2.24) is 4.90 Å². The maximum absolute atomic E-state index is 6.12. The van der Waals surface area contributed by atoms with Crippen molar-refractivity contribution in [2.24, 2.45) is 16.6 Å². The van der Waals surface area contributed by atoms with Gasteiger partial charge in [0.25, 0.3) is 0 Å². The molecule has 1 heterocycles. The lowest BCUT2D eigenvalue weighted by Gasteiger charge is -2.31. The molecule has 23 heavy (non-hydrogen) atoms. The molecule has 2 rings (SSSR count). The molecule has 1 saturated heterocycles. The Morgan fingerprint density at radius 2 is 1.91 bits per heavy atom. The summed E-state index contributed by atoms with van der Waals surface area (Å²) in [6.07, 6.45) is 3.45. The number of guanidine groups is 1. The number of piperidine rings is 1. The van der Waals surface area contributed by atoms with Gasteiger partial charge >= 0.3 is 0 Å². The molecule has 1 fully saturated rings. The second-order valence-electron chi connectivity index (χ2n) is 6.37. The van der Waals surface area contributed by atoms with Crippen molar-refractivity contribution >= 4 is 29.9 Å². The zero-order valence-electron chi connectivity index (χ0n) is 14.5. The van der Waals surface area contributed by atoms with Gasteiger partial charge in [-0.1, -0.05) is 26.0 Å². The minimum absolute atomic E-state index is 0. The highest BCUT2D eigenvalue weighted by Gasteiger charge is 2.16. The van der Waals surface area contributed by atoms with E-state index in [1.807, 2.05) is 12.1 Å². The van der Waals surface area contributed by atoms with Crippen LogP contribution < -0.4 is 10.5 Å². The third kappa shape index (κ3) is 6.20. The summed E-state index contributed by atoms with van der Waals surface area (Å²) in [7, 11) is 1.69. The van der Waals surface area contributed by atoms with E-state index in [2.05, 4.69) is 35.9 Å². The van der Waals surface area contributed by atoms with Gasteiger partial charge in [-0.2, -0.15) is 0 Å². The SMILES string of the molecule is COc1ccc(C(C)CCN=C(N)N2CCC(C)CC2)cc1.I. The highest BCUT2D eigenvalue weighted by atomic mass is 127. The van der Waals surface area contributed by atoms with Crippen LogP contribution in [-0.2, 0) is 0 Å². The number of nitrogens with two attached hydrogens (primary N) is 1. The van der Waals surface area contributed by atoms with Gasteiger partial charge in [0.05, 0.1) is 7.11 Å². The van der Waals surface area contributed by atoms with Crippen LogP contribution in [0, 0.1) is 5.92 Å². The molecule has 1 atom stereocenters. The number of rotatable bonds is 5. The first-order valence-electron chi connectivity index (χ1n) is 8.29. The molecule has 0 bridgehead atoms. The first-order valence-corrected chi connectivity index (χ1v) is 8.29. The normalized spacial score (nSPS) is 17.5. The molecule has 1 aliphatic heterocycles. The second kappa shape index (κ2) is 10.0. The number of hydrogen-bond acceptors (Lipinski definition) is 2. The smallest absolute Gasteiger partial charge is 0.191 e. The number of halogens is 1. The number of methoxy groups -OCH3 is 1. The summed E-state index contributed by atoms with van der Waals surface area (Å²) in [5.41, 5.74) is 7.44. The van der Waals surface area contributed by atoms with Gasteiger partial charge in [-0.05, 0) is 48.8 Å². The van der Waals surface area contributed by atoms with Crippen LogP contribution in [0.4, 0.5) is 0 Å². The molecule has 1 unspecified atom stereocenters. The Morgan fingerprint density at radius 3 is 2.48 bits per heavy atom. The highest BCUT2D eigenvalue weighted by Crippen LogP contribution is 2.22. The van der Waals surface area contributed by atoms with Crippen molar-refractivity contribution in [3.05, 3.63) is 29.8 Å². The average Bonchev–Trinajstić information content (AvgIpc) is 2.55. The van der Waals surface area contributed by atoms with Gasteiger partial charge in [-0.15, -0.1) is 24.0 Å². The molecule has 2 N–H and O–H groups in total. The predicted octanol–water partition coefficient (Wildman–Crippen LogP) is 3.85. The lowest BCUT2D eigenvalue weighted by molar-refractivity contribution is 0.277. The number of aliphatic imine (C=N–C) groups is 1. The van der Waals surface area contributed by atoms with E-state index < -0.39 is 0 Å². The third-order valence-corrected chi connectivity index (χ3v) is 4.63. The quantitative estimate of drug-likeness (QED) is 0.438. The molecule has 1 aliphatic rings. The second-order valence-corrected chi connectivity index (χ2v) is 6.37. The van der Waals surface area contributed by atoms with Crippen molar-refractivity contribution in [2.45, 2.75) is 39.0 Å². The maximum atomic E-state index is 6.12. The van der Waals surface area contributed by atoms with E-state index in [0.717, 1.165) is 37.7 Å². The number of ether oxygens (including phenoxy) is 1. The van der Waals surface area contributed by atoms with Crippen LogP contribution in [0.15, 0.2) is 29.3 Å². The highest BCUT2D eigenvalue weighted by molar-refractivity contribution is 14.0. The summed E-state index contributed by atoms with van der Waals surface area (Å²) < 4.78 is 5.19. The van der Waals surface area contributed by atoms with E-state index in [4.69, 9.17) is 10.5 Å². The average molecular weight is 431 g/mol. The molecule has 0 spiro atoms. The molecule has 0 aromatic heterocycles. The summed E-state index contributed by atoms with van der Waals surface area (Å²) in [6.45, 7) is 7.41. The topological polar surface area (TPSA) is 50.9 Å². The fraction of sp³-hybridized carbons (Fsp3) is 0.611. The maximum Gasteiger partial charge on any atom is 0.191 e. The van der Waals surface area contributed by atoms with Crippen LogP contribution in [0.5, 0.6) is 5.75 Å². The minimum Gasteiger partial charge on any atom is -0.497 e. The molecule has 0 radical (unpaired) electrons. The molecular formula is C18H30IN3O. The first-order chi connectivity index (χ1) is 10.6. The molecule has 4 nitrogen and oxygen atoms in total. The van der Waals surface area contributed by atoms with Crippen LogP contribution in [0.1, 0.15) is 44.6 Å². The van der Waals surface area contributed by atoms with Gasteiger partial charge < -0.3 is 15.4 Å². The molecule has 0 amide bonds. The van der Waals surface area contributed by atoms with Crippen LogP contribution in [0.2, 0.25) is 0 Å². The summed E-state index contributed by atoms with van der Waals surface area (Å²) in [6, 6.07) is 8.28. The van der Waals surface area contributed by atoms with E-state index >= 15 is 0 Å². The third-order valence-electron chi connectivity index (χ3n) is 4.63. The predicted molar refractivity (Wildman–Crippen MR) is 108 cm³/mol. The van der Waals surface area contributed by atoms with E-state index in [0.29, 0.717) is 11.9 Å². The summed E-state index contributed by atoms with van der Waals surface area (Å²) in [5.74, 6) is 2.91. The lowest BCUT2D eigenvalue weighted by Crippen LogP contribution is -2.42. The fourth-order valence-electron chi connectivity index (χ4n) is 2.81. The van der Waals surface area contributed by atoms with E-state index in [-0.39, 0.29) is 24.0 Å². The van der Waals surface area contributed by atoms with Crippen molar-refractivity contribution in [2.75, 3.05) is 26.7 Å². The van der Waals surface area contributed by atoms with Crippen LogP contribution in [-0.4, -0.2) is 37.6 Å². The largest absolute Gasteiger partial charge is 0.497 e. The summed E-state index contributed by atoms with van der Waals surface area (Å²) in [5, 5.41) is 0. The monoisotopic (exact) mass is 431 g/mol. The first kappa shape index (κ1) is 20.1. The zero-order chi connectivity index (χ0) is 15.9. The molecule has 0 aliphatic carbocycles. The standard InChI is InChI=1S/C18H29N3O.HI/c1-14-9-12-21(13-10-14)18(19)20-11-8-15(2)16-4-6-17(22-3)7-5-16;/h4-7,14-15H,8-13H2,1-3H3,(H2,19,20);1H. The van der Waals surface area contributed by atoms with Crippen molar-refractivity contribution in [3.8, 4) is 5.75 Å². The van der Waals surface area contributed by atoms with Gasteiger partial charge in [0.15, 0.2) is 5.96 Å². The molecule has 1 aromatic carbocycles. The van der Waals surface area contributed by atoms with Crippen molar-refractivity contribution in [3.63, 3.8) is 0 Å². The molecule has 1 aromatic rings. The van der Waals surface area contributed by atoms with Gasteiger partial charge in [0.1, 0.15) is 5.75 Å². The number of benzene rings is 1. The minimum atomic E-state index is 0. The van der Waals surface area contributed by atoms with E-state index in [9.17, 15) is 0 Å². The Balaban J connectivity index is 0.00000264. The van der Waals surface area contributed by atoms with Gasteiger partial charge in [-0.25, -0.2) is 0 Å². The van der Waals surface area contributed by atoms with Gasteiger partial charge in [-0.3, -0.25) is 4.99 Å². The number of hydrogen-bond donors (Lipinski definition) is 1. The Bertz CT molecular complexity index is 482. The zero-order valence-corrected chi connectivity index (χ0v) is 16.8. The van der Waals surface area contributed by atoms with E-state index in [1.165, 1.54) is 18.4 Å². The summed E-state index contributed by atoms with van der Waals surface area (Å²) in [4.78, 5) is 6.79. The summed E-state index contributed by atoms with van der Waals surface area (Å²) >= 11 is 0. The van der Waals surface area contributed by atoms with Gasteiger partial charge in [0, 0.05) is 19.6 Å². The molecule has 5 heteroatoms. The van der Waals surface area contributed by atoms with Crippen LogP contribution in [0.3, 0.4) is 0 Å². The lowest BCUT2D eigenvalue weighted by atomic mass is 9.98. The van der Waals surface area contributed by atoms with Crippen molar-refractivity contribution in [1.29, 1.82) is 0 Å². The van der Waals surface area contributed by atoms with Crippen molar-refractivity contribution < 1.29 is 4.74 Å². The Hall–Kier alpha value is -0.980. The van der Waals surface area contributed by atoms with Crippen LogP contribution in [0.25, 0.3) is 0 Å². The fourth-order valence-corrected chi connectivity index (χ4v) is 2.81. The molecule has 0 saturated carbocycles. The number of likely N-dealkylation sites (tertiary alicyclic amines) is 1. The van der Waals surface area contributed by atoms with Crippen LogP contribution >= 0.6 is 24.0 Å².